The maximum Gasteiger partial charge on any atom is 0.239 e. The first kappa shape index (κ1) is 14.0. The topological polar surface area (TPSA) is 75.4 Å². The van der Waals surface area contributed by atoms with Crippen molar-refractivity contribution in [3.05, 3.63) is 0 Å². The monoisotopic (exact) mass is 241 g/mol. The molecule has 0 aromatic rings. The maximum atomic E-state index is 12.2. The van der Waals surface area contributed by atoms with Crippen LogP contribution in [0.1, 0.15) is 32.6 Å². The average molecular weight is 241 g/mol. The number of amides is 2. The number of rotatable bonds is 5. The van der Waals surface area contributed by atoms with Crippen molar-refractivity contribution in [1.82, 2.24) is 10.2 Å². The number of likely N-dealkylation sites (N-methyl/N-ethyl adjacent to an activating group) is 1. The summed E-state index contributed by atoms with van der Waals surface area (Å²) in [6, 6.07) is 0.146. The van der Waals surface area contributed by atoms with Crippen molar-refractivity contribution in [2.75, 3.05) is 20.1 Å². The van der Waals surface area contributed by atoms with Crippen LogP contribution >= 0.6 is 0 Å². The summed E-state index contributed by atoms with van der Waals surface area (Å²) in [5.74, 6) is -0.0151. The normalized spacial score (nSPS) is 23.5. The molecule has 5 heteroatoms. The standard InChI is InChI=1S/C12H23N3O2/c1-3-6-15(8-11(16)14-2)12(17)9-4-5-10(13)7-9/h9-10H,3-8,13H2,1-2H3,(H,14,16). The summed E-state index contributed by atoms with van der Waals surface area (Å²) in [4.78, 5) is 25.2. The number of nitrogens with one attached hydrogen (secondary N) is 1. The van der Waals surface area contributed by atoms with Crippen LogP contribution in [0.4, 0.5) is 0 Å². The van der Waals surface area contributed by atoms with E-state index in [1.165, 1.54) is 0 Å². The molecule has 3 N–H and O–H groups in total. The molecule has 5 nitrogen and oxygen atoms in total. The van der Waals surface area contributed by atoms with Crippen molar-refractivity contribution in [1.29, 1.82) is 0 Å². The number of carbonyl (C=O) groups excluding carboxylic acids is 2. The first-order valence-corrected chi connectivity index (χ1v) is 6.33. The second-order valence-corrected chi connectivity index (χ2v) is 4.70. The summed E-state index contributed by atoms with van der Waals surface area (Å²) < 4.78 is 0. The van der Waals surface area contributed by atoms with Gasteiger partial charge in [0.15, 0.2) is 0 Å². The molecule has 17 heavy (non-hydrogen) atoms. The molecule has 1 rings (SSSR count). The van der Waals surface area contributed by atoms with E-state index in [4.69, 9.17) is 5.73 Å². The van der Waals surface area contributed by atoms with Crippen molar-refractivity contribution in [2.45, 2.75) is 38.6 Å². The van der Waals surface area contributed by atoms with Gasteiger partial charge in [-0.25, -0.2) is 0 Å². The molecule has 0 bridgehead atoms. The lowest BCUT2D eigenvalue weighted by Crippen LogP contribution is -2.42. The molecule has 1 aliphatic carbocycles. The van der Waals surface area contributed by atoms with Crippen molar-refractivity contribution < 1.29 is 9.59 Å². The highest BCUT2D eigenvalue weighted by Crippen LogP contribution is 2.26. The van der Waals surface area contributed by atoms with Crippen LogP contribution in [-0.2, 0) is 9.59 Å². The summed E-state index contributed by atoms with van der Waals surface area (Å²) in [5, 5.41) is 2.55. The summed E-state index contributed by atoms with van der Waals surface area (Å²) in [7, 11) is 1.59. The van der Waals surface area contributed by atoms with Crippen molar-refractivity contribution in [3.63, 3.8) is 0 Å². The largest absolute Gasteiger partial charge is 0.358 e. The first-order chi connectivity index (χ1) is 8.08. The third-order valence-corrected chi connectivity index (χ3v) is 3.24. The van der Waals surface area contributed by atoms with Gasteiger partial charge in [0.1, 0.15) is 0 Å². The molecule has 0 aliphatic heterocycles. The van der Waals surface area contributed by atoms with Crippen LogP contribution < -0.4 is 11.1 Å². The van der Waals surface area contributed by atoms with Crippen LogP contribution in [0.25, 0.3) is 0 Å². The minimum atomic E-state index is -0.117. The molecule has 1 saturated carbocycles. The molecule has 2 amide bonds. The SMILES string of the molecule is CCCN(CC(=O)NC)C(=O)C1CCC(N)C1. The fourth-order valence-electron chi connectivity index (χ4n) is 2.29. The van der Waals surface area contributed by atoms with Gasteiger partial charge in [0.2, 0.25) is 11.8 Å². The average Bonchev–Trinajstić information content (AvgIpc) is 2.74. The van der Waals surface area contributed by atoms with Gasteiger partial charge in [0.25, 0.3) is 0 Å². The molecular weight excluding hydrogens is 218 g/mol. The minimum absolute atomic E-state index is 0.0150. The lowest BCUT2D eigenvalue weighted by Gasteiger charge is -2.24. The zero-order chi connectivity index (χ0) is 12.8. The molecule has 0 spiro atoms. The lowest BCUT2D eigenvalue weighted by atomic mass is 10.1. The molecule has 0 heterocycles. The van der Waals surface area contributed by atoms with Crippen LogP contribution in [0.5, 0.6) is 0 Å². The zero-order valence-electron chi connectivity index (χ0n) is 10.7. The van der Waals surface area contributed by atoms with Crippen LogP contribution in [-0.4, -0.2) is 42.9 Å². The van der Waals surface area contributed by atoms with Gasteiger partial charge in [-0.1, -0.05) is 6.92 Å². The number of carbonyl (C=O) groups is 2. The van der Waals surface area contributed by atoms with Crippen molar-refractivity contribution in [2.24, 2.45) is 11.7 Å². The zero-order valence-corrected chi connectivity index (χ0v) is 10.7. The van der Waals surface area contributed by atoms with Crippen LogP contribution in [0, 0.1) is 5.92 Å². The van der Waals surface area contributed by atoms with Crippen LogP contribution in [0.15, 0.2) is 0 Å². The fourth-order valence-corrected chi connectivity index (χ4v) is 2.29. The molecule has 0 saturated heterocycles. The van der Waals surface area contributed by atoms with Crippen molar-refractivity contribution in [3.8, 4) is 0 Å². The smallest absolute Gasteiger partial charge is 0.239 e. The van der Waals surface area contributed by atoms with E-state index in [1.54, 1.807) is 11.9 Å². The summed E-state index contributed by atoms with van der Waals surface area (Å²) >= 11 is 0. The van der Waals surface area contributed by atoms with Gasteiger partial charge in [0.05, 0.1) is 6.54 Å². The van der Waals surface area contributed by atoms with E-state index in [1.807, 2.05) is 6.92 Å². The number of hydrogen-bond donors (Lipinski definition) is 2. The van der Waals surface area contributed by atoms with Crippen LogP contribution in [0.3, 0.4) is 0 Å². The highest BCUT2D eigenvalue weighted by molar-refractivity contribution is 5.86. The Morgan fingerprint density at radius 2 is 2.12 bits per heavy atom. The third kappa shape index (κ3) is 4.00. The Hall–Kier alpha value is -1.10. The van der Waals surface area contributed by atoms with E-state index in [0.717, 1.165) is 25.7 Å². The van der Waals surface area contributed by atoms with Gasteiger partial charge in [-0.05, 0) is 25.7 Å². The predicted molar refractivity (Wildman–Crippen MR) is 66.3 cm³/mol. The Bertz CT molecular complexity index is 281. The van der Waals surface area contributed by atoms with Crippen LogP contribution in [0.2, 0.25) is 0 Å². The fraction of sp³-hybridized carbons (Fsp3) is 0.833. The minimum Gasteiger partial charge on any atom is -0.358 e. The third-order valence-electron chi connectivity index (χ3n) is 3.24. The van der Waals surface area contributed by atoms with Gasteiger partial charge >= 0.3 is 0 Å². The Labute approximate surface area is 103 Å². The predicted octanol–water partition coefficient (Wildman–Crippen LogP) is 0.0984. The lowest BCUT2D eigenvalue weighted by molar-refractivity contribution is -0.139. The summed E-state index contributed by atoms with van der Waals surface area (Å²) in [5.41, 5.74) is 5.81. The molecule has 0 aromatic heterocycles. The van der Waals surface area contributed by atoms with E-state index in [9.17, 15) is 9.59 Å². The van der Waals surface area contributed by atoms with E-state index in [2.05, 4.69) is 5.32 Å². The summed E-state index contributed by atoms with van der Waals surface area (Å²) in [6.45, 7) is 2.80. The van der Waals surface area contributed by atoms with E-state index < -0.39 is 0 Å². The molecule has 98 valence electrons. The maximum absolute atomic E-state index is 12.2. The van der Waals surface area contributed by atoms with Crippen molar-refractivity contribution >= 4 is 11.8 Å². The van der Waals surface area contributed by atoms with Gasteiger partial charge in [0, 0.05) is 25.6 Å². The summed E-state index contributed by atoms with van der Waals surface area (Å²) in [6.07, 6.45) is 3.39. The van der Waals surface area contributed by atoms with Gasteiger partial charge in [-0.15, -0.1) is 0 Å². The van der Waals surface area contributed by atoms with E-state index in [-0.39, 0.29) is 30.3 Å². The molecule has 0 radical (unpaired) electrons. The van der Waals surface area contributed by atoms with E-state index in [0.29, 0.717) is 6.54 Å². The Kier molecular flexibility index (Phi) is 5.41. The molecule has 1 fully saturated rings. The Balaban J connectivity index is 2.56. The first-order valence-electron chi connectivity index (χ1n) is 6.33. The molecule has 2 unspecified atom stereocenters. The Morgan fingerprint density at radius 3 is 2.59 bits per heavy atom. The van der Waals surface area contributed by atoms with Gasteiger partial charge < -0.3 is 16.0 Å². The highest BCUT2D eigenvalue weighted by atomic mass is 16.2. The van der Waals surface area contributed by atoms with Gasteiger partial charge in [-0.2, -0.15) is 0 Å². The number of nitrogens with two attached hydrogens (primary N) is 1. The molecule has 1 aliphatic rings. The molecule has 0 aromatic carbocycles. The second-order valence-electron chi connectivity index (χ2n) is 4.70. The second kappa shape index (κ2) is 6.59. The molecular formula is C12H23N3O2. The van der Waals surface area contributed by atoms with E-state index >= 15 is 0 Å². The number of nitrogens with zero attached hydrogens (tertiary/aromatic N) is 1. The Morgan fingerprint density at radius 1 is 1.41 bits per heavy atom. The highest BCUT2D eigenvalue weighted by Gasteiger charge is 2.31. The van der Waals surface area contributed by atoms with Gasteiger partial charge in [-0.3, -0.25) is 9.59 Å². The quantitative estimate of drug-likeness (QED) is 0.716. The molecule has 2 atom stereocenters. The number of hydrogen-bond acceptors (Lipinski definition) is 3.